The van der Waals surface area contributed by atoms with Gasteiger partial charge >= 0.3 is 0 Å². The first-order valence-electron chi connectivity index (χ1n) is 24.8. The SMILES string of the molecule is CC1=CC=C(c2c3cc(N(c4ccc5ccccc5c4)c4ccc5ccccc5c4)ccc3c(-c3ccc(C)cc3)c3cc(N(c4ccc5c(c4)C=CCC5)c4ccc5ccccc5c4)ccc23)CC1. The molecule has 0 unspecified atom stereocenters. The van der Waals surface area contributed by atoms with Crippen LogP contribution in [-0.2, 0) is 6.42 Å². The van der Waals surface area contributed by atoms with Gasteiger partial charge in [-0.1, -0.05) is 169 Å². The quantitative estimate of drug-likeness (QED) is 0.140. The van der Waals surface area contributed by atoms with Gasteiger partial charge in [0.1, 0.15) is 0 Å². The molecule has 0 saturated carbocycles. The Morgan fingerprint density at radius 1 is 0.357 bits per heavy atom. The number of rotatable bonds is 8. The molecule has 2 aliphatic rings. The summed E-state index contributed by atoms with van der Waals surface area (Å²) in [6.07, 6.45) is 13.5. The Morgan fingerprint density at radius 3 is 1.37 bits per heavy atom. The van der Waals surface area contributed by atoms with E-state index < -0.39 is 0 Å². The normalized spacial score (nSPS) is 13.5. The molecule has 0 spiro atoms. The van der Waals surface area contributed by atoms with Crippen molar-refractivity contribution in [2.45, 2.75) is 39.5 Å². The second-order valence-electron chi connectivity index (χ2n) is 19.4. The highest BCUT2D eigenvalue weighted by atomic mass is 15.1. The Bertz CT molecular complexity index is 3900. The number of allylic oxidation sites excluding steroid dienone is 5. The van der Waals surface area contributed by atoms with Crippen molar-refractivity contribution >= 4 is 99.6 Å². The lowest BCUT2D eigenvalue weighted by atomic mass is 9.82. The van der Waals surface area contributed by atoms with E-state index in [9.17, 15) is 0 Å². The average Bonchev–Trinajstić information content (AvgIpc) is 3.41. The predicted octanol–water partition coefficient (Wildman–Crippen LogP) is 19.5. The summed E-state index contributed by atoms with van der Waals surface area (Å²) in [5, 5.41) is 12.4. The summed E-state index contributed by atoms with van der Waals surface area (Å²) in [5.41, 5.74) is 17.3. The molecule has 0 bridgehead atoms. The first-order valence-corrected chi connectivity index (χ1v) is 24.8. The minimum Gasteiger partial charge on any atom is -0.310 e. The Morgan fingerprint density at radius 2 is 0.829 bits per heavy atom. The second kappa shape index (κ2) is 17.3. The third kappa shape index (κ3) is 7.45. The van der Waals surface area contributed by atoms with Gasteiger partial charge in [0.05, 0.1) is 0 Å². The van der Waals surface area contributed by atoms with Gasteiger partial charge in [-0.2, -0.15) is 0 Å². The Labute approximate surface area is 410 Å². The smallest absolute Gasteiger partial charge is 0.0468 e. The summed E-state index contributed by atoms with van der Waals surface area (Å²) in [7, 11) is 0. The zero-order chi connectivity index (χ0) is 46.7. The first-order chi connectivity index (χ1) is 34.5. The molecule has 0 radical (unpaired) electrons. The molecule has 2 aliphatic carbocycles. The van der Waals surface area contributed by atoms with Crippen molar-refractivity contribution in [1.29, 1.82) is 0 Å². The van der Waals surface area contributed by atoms with Crippen LogP contribution in [0.4, 0.5) is 34.1 Å². The van der Waals surface area contributed by atoms with E-state index in [2.05, 4.69) is 254 Å². The number of fused-ring (bicyclic) bond motifs is 6. The first kappa shape index (κ1) is 41.7. The monoisotopic (exact) mass is 896 g/mol. The van der Waals surface area contributed by atoms with Crippen LogP contribution < -0.4 is 9.80 Å². The topological polar surface area (TPSA) is 6.48 Å². The number of hydrogen-bond acceptors (Lipinski definition) is 2. The maximum atomic E-state index is 2.48. The maximum Gasteiger partial charge on any atom is 0.0468 e. The van der Waals surface area contributed by atoms with Gasteiger partial charge in [0.25, 0.3) is 0 Å². The van der Waals surface area contributed by atoms with Gasteiger partial charge < -0.3 is 9.80 Å². The van der Waals surface area contributed by atoms with Gasteiger partial charge in [-0.15, -0.1) is 0 Å². The maximum absolute atomic E-state index is 2.48. The molecule has 0 aromatic heterocycles. The molecule has 0 saturated heterocycles. The summed E-state index contributed by atoms with van der Waals surface area (Å²) in [6, 6.07) is 77.4. The fourth-order valence-electron chi connectivity index (χ4n) is 11.2. The van der Waals surface area contributed by atoms with Gasteiger partial charge in [0.2, 0.25) is 0 Å². The molecule has 13 rings (SSSR count). The van der Waals surface area contributed by atoms with Crippen LogP contribution >= 0.6 is 0 Å². The molecule has 0 N–H and O–H groups in total. The van der Waals surface area contributed by atoms with Crippen LogP contribution in [0.5, 0.6) is 0 Å². The molecule has 11 aromatic rings. The highest BCUT2D eigenvalue weighted by molar-refractivity contribution is 6.20. The second-order valence-corrected chi connectivity index (χ2v) is 19.4. The van der Waals surface area contributed by atoms with Crippen LogP contribution in [0.25, 0.3) is 76.6 Å². The van der Waals surface area contributed by atoms with Crippen molar-refractivity contribution in [3.05, 3.63) is 252 Å². The number of aryl methyl sites for hydroxylation is 2. The Balaban J connectivity index is 1.09. The van der Waals surface area contributed by atoms with E-state index in [1.807, 2.05) is 0 Å². The van der Waals surface area contributed by atoms with Crippen molar-refractivity contribution in [3.8, 4) is 11.1 Å². The fourth-order valence-corrected chi connectivity index (χ4v) is 11.2. The molecule has 2 heteroatoms. The number of hydrogen-bond donors (Lipinski definition) is 0. The van der Waals surface area contributed by atoms with E-state index in [1.54, 1.807) is 0 Å². The molecular weight excluding hydrogens is 845 g/mol. The molecule has 2 nitrogen and oxygen atoms in total. The minimum absolute atomic E-state index is 0.979. The zero-order valence-corrected chi connectivity index (χ0v) is 39.7. The van der Waals surface area contributed by atoms with Crippen LogP contribution in [0, 0.1) is 6.92 Å². The van der Waals surface area contributed by atoms with E-state index in [-0.39, 0.29) is 0 Å². The highest BCUT2D eigenvalue weighted by Crippen LogP contribution is 2.49. The minimum atomic E-state index is 0.979. The summed E-state index contributed by atoms with van der Waals surface area (Å²) in [6.45, 7) is 4.44. The molecule has 11 aromatic carbocycles. The van der Waals surface area contributed by atoms with E-state index in [0.717, 1.165) is 59.8 Å². The van der Waals surface area contributed by atoms with E-state index in [1.165, 1.54) is 98.4 Å². The van der Waals surface area contributed by atoms with E-state index >= 15 is 0 Å². The van der Waals surface area contributed by atoms with Crippen molar-refractivity contribution in [3.63, 3.8) is 0 Å². The third-order valence-electron chi connectivity index (χ3n) is 14.9. The van der Waals surface area contributed by atoms with Gasteiger partial charge in [-0.25, -0.2) is 0 Å². The van der Waals surface area contributed by atoms with Gasteiger partial charge in [0.15, 0.2) is 0 Å². The predicted molar refractivity (Wildman–Crippen MR) is 302 cm³/mol. The summed E-state index contributed by atoms with van der Waals surface area (Å²) >= 11 is 0. The van der Waals surface area contributed by atoms with Crippen LogP contribution in [0.3, 0.4) is 0 Å². The van der Waals surface area contributed by atoms with E-state index in [0.29, 0.717) is 0 Å². The largest absolute Gasteiger partial charge is 0.310 e. The molecule has 0 atom stereocenters. The lowest BCUT2D eigenvalue weighted by Gasteiger charge is -2.29. The summed E-state index contributed by atoms with van der Waals surface area (Å²) in [4.78, 5) is 4.92. The molecular formula is C68H52N2. The molecule has 0 heterocycles. The Hall–Kier alpha value is -8.46. The number of anilines is 6. The van der Waals surface area contributed by atoms with Gasteiger partial charge in [0, 0.05) is 34.1 Å². The van der Waals surface area contributed by atoms with Crippen LogP contribution in [0.2, 0.25) is 0 Å². The molecule has 70 heavy (non-hydrogen) atoms. The molecule has 0 fully saturated rings. The number of benzene rings is 11. The molecule has 334 valence electrons. The van der Waals surface area contributed by atoms with Crippen LogP contribution in [-0.4, -0.2) is 0 Å². The lowest BCUT2D eigenvalue weighted by Crippen LogP contribution is -2.11. The summed E-state index contributed by atoms with van der Waals surface area (Å²) in [5.74, 6) is 0. The molecule has 0 aliphatic heterocycles. The highest BCUT2D eigenvalue weighted by Gasteiger charge is 2.24. The third-order valence-corrected chi connectivity index (χ3v) is 14.9. The fraction of sp³-hybridized carbons (Fsp3) is 0.0882. The standard InChI is InChI=1S/C68H52N2/c1-45-19-23-51(24-20-45)67-63-37-35-62(70(59-33-29-49-13-5-9-17-55(49)41-59)60-34-30-50-14-6-10-18-56(50)42-60)44-66(63)68(52-25-21-46(2)22-26-52)64-38-36-61(43-65(64)67)69(57-31-27-47-11-3-7-15-53(47)39-57)58-32-28-48-12-4-8-16-54(48)40-58/h3-5,7-13,15-19,21-23,25-44H,6,14,20,24H2,1-2H3. The average molecular weight is 897 g/mol. The van der Waals surface area contributed by atoms with E-state index in [4.69, 9.17) is 0 Å². The van der Waals surface area contributed by atoms with Gasteiger partial charge in [-0.3, -0.25) is 0 Å². The van der Waals surface area contributed by atoms with Crippen LogP contribution in [0.15, 0.2) is 230 Å². The van der Waals surface area contributed by atoms with Gasteiger partial charge in [-0.05, 0) is 200 Å². The van der Waals surface area contributed by atoms with Crippen molar-refractivity contribution in [2.75, 3.05) is 9.80 Å². The molecule has 0 amide bonds. The van der Waals surface area contributed by atoms with Crippen molar-refractivity contribution < 1.29 is 0 Å². The summed E-state index contributed by atoms with van der Waals surface area (Å²) < 4.78 is 0. The Kier molecular flexibility index (Phi) is 10.3. The lowest BCUT2D eigenvalue weighted by molar-refractivity contribution is 0.979. The zero-order valence-electron chi connectivity index (χ0n) is 39.7. The number of nitrogens with zero attached hydrogens (tertiary/aromatic N) is 2. The van der Waals surface area contributed by atoms with Crippen molar-refractivity contribution in [2.24, 2.45) is 0 Å². The van der Waals surface area contributed by atoms with Crippen molar-refractivity contribution in [1.82, 2.24) is 0 Å². The van der Waals surface area contributed by atoms with Crippen LogP contribution in [0.1, 0.15) is 48.4 Å².